The first kappa shape index (κ1) is 9.30. The molecule has 0 heterocycles. The van der Waals surface area contributed by atoms with E-state index >= 15 is 0 Å². The largest absolute Gasteiger partial charge is 0.465 e. The molecule has 0 unspecified atom stereocenters. The molecular formula is C7H16NO2+. The Morgan fingerprint density at radius 1 is 1.10 bits per heavy atom. The van der Waals surface area contributed by atoms with E-state index < -0.39 is 0 Å². The lowest BCUT2D eigenvalue weighted by Gasteiger charge is -2.18. The standard InChI is InChI=1S/C7H16NO2/c1-8(2,3)6-7(9-4)10-5/h6H,1-5H3/q+1. The second-order valence-corrected chi connectivity index (χ2v) is 2.97. The van der Waals surface area contributed by atoms with E-state index in [0.717, 1.165) is 0 Å². The summed E-state index contributed by atoms with van der Waals surface area (Å²) in [6.07, 6.45) is 1.88. The van der Waals surface area contributed by atoms with Gasteiger partial charge in [0.25, 0.3) is 0 Å². The molecule has 0 fully saturated rings. The van der Waals surface area contributed by atoms with Crippen molar-refractivity contribution >= 4 is 0 Å². The molecule has 0 aromatic rings. The van der Waals surface area contributed by atoms with Gasteiger partial charge in [-0.2, -0.15) is 0 Å². The first-order valence-electron chi connectivity index (χ1n) is 3.11. The summed E-state index contributed by atoms with van der Waals surface area (Å²) >= 11 is 0. The van der Waals surface area contributed by atoms with Gasteiger partial charge in [-0.3, -0.25) is 4.48 Å². The molecule has 0 rings (SSSR count). The fourth-order valence-electron chi connectivity index (χ4n) is 0.505. The van der Waals surface area contributed by atoms with Crippen LogP contribution in [0.25, 0.3) is 0 Å². The Bertz CT molecular complexity index is 118. The molecule has 0 radical (unpaired) electrons. The lowest BCUT2D eigenvalue weighted by molar-refractivity contribution is -0.818. The average Bonchev–Trinajstić information content (AvgIpc) is 1.81. The van der Waals surface area contributed by atoms with Gasteiger partial charge in [0.05, 0.1) is 35.4 Å². The van der Waals surface area contributed by atoms with Crippen molar-refractivity contribution in [2.24, 2.45) is 0 Å². The van der Waals surface area contributed by atoms with E-state index in [1.807, 2.05) is 27.3 Å². The third-order valence-corrected chi connectivity index (χ3v) is 0.895. The lowest BCUT2D eigenvalue weighted by atomic mass is 10.6. The number of hydrogen-bond donors (Lipinski definition) is 0. The molecule has 0 N–H and O–H groups in total. The number of rotatable bonds is 3. The molecule has 0 aliphatic rings. The summed E-state index contributed by atoms with van der Waals surface area (Å²) in [6, 6.07) is 0. The third kappa shape index (κ3) is 4.21. The predicted octanol–water partition coefficient (Wildman–Crippen LogP) is 0.784. The highest BCUT2D eigenvalue weighted by molar-refractivity contribution is 4.73. The molecule has 0 saturated heterocycles. The quantitative estimate of drug-likeness (QED) is 0.433. The Morgan fingerprint density at radius 3 is 1.60 bits per heavy atom. The molecule has 10 heavy (non-hydrogen) atoms. The van der Waals surface area contributed by atoms with E-state index in [9.17, 15) is 0 Å². The van der Waals surface area contributed by atoms with E-state index in [4.69, 9.17) is 9.47 Å². The minimum atomic E-state index is 0.549. The summed E-state index contributed by atoms with van der Waals surface area (Å²) in [5.41, 5.74) is 0. The number of quaternary nitrogens is 1. The molecule has 0 aliphatic carbocycles. The summed E-state index contributed by atoms with van der Waals surface area (Å²) in [5.74, 6) is 0.549. The van der Waals surface area contributed by atoms with Crippen LogP contribution in [0, 0.1) is 0 Å². The van der Waals surface area contributed by atoms with Crippen LogP contribution in [0.1, 0.15) is 0 Å². The van der Waals surface area contributed by atoms with Crippen molar-refractivity contribution in [2.75, 3.05) is 35.4 Å². The van der Waals surface area contributed by atoms with Crippen LogP contribution in [0.2, 0.25) is 0 Å². The molecule has 0 atom stereocenters. The minimum Gasteiger partial charge on any atom is -0.465 e. The van der Waals surface area contributed by atoms with Gasteiger partial charge >= 0.3 is 5.95 Å². The topological polar surface area (TPSA) is 18.5 Å². The van der Waals surface area contributed by atoms with E-state index in [1.54, 1.807) is 14.2 Å². The van der Waals surface area contributed by atoms with E-state index in [-0.39, 0.29) is 0 Å². The van der Waals surface area contributed by atoms with Crippen molar-refractivity contribution in [1.82, 2.24) is 0 Å². The Kier molecular flexibility index (Phi) is 3.22. The van der Waals surface area contributed by atoms with Gasteiger partial charge in [0, 0.05) is 0 Å². The molecule has 60 valence electrons. The van der Waals surface area contributed by atoms with Gasteiger partial charge in [0.15, 0.2) is 6.20 Å². The van der Waals surface area contributed by atoms with Crippen LogP contribution in [0.4, 0.5) is 0 Å². The maximum Gasteiger partial charge on any atom is 0.334 e. The number of ether oxygens (including phenoxy) is 2. The monoisotopic (exact) mass is 146 g/mol. The molecule has 0 amide bonds. The highest BCUT2D eigenvalue weighted by Crippen LogP contribution is 2.01. The highest BCUT2D eigenvalue weighted by atomic mass is 16.7. The molecule has 3 nitrogen and oxygen atoms in total. The van der Waals surface area contributed by atoms with Gasteiger partial charge in [-0.05, 0) is 0 Å². The first-order valence-corrected chi connectivity index (χ1v) is 3.11. The molecule has 0 aromatic heterocycles. The first-order chi connectivity index (χ1) is 4.49. The van der Waals surface area contributed by atoms with Crippen LogP contribution in [0.15, 0.2) is 12.1 Å². The minimum absolute atomic E-state index is 0.549. The van der Waals surface area contributed by atoms with Gasteiger partial charge in [-0.15, -0.1) is 0 Å². The Morgan fingerprint density at radius 2 is 1.50 bits per heavy atom. The fraction of sp³-hybridized carbons (Fsp3) is 0.714. The molecule has 0 aromatic carbocycles. The predicted molar refractivity (Wildman–Crippen MR) is 40.1 cm³/mol. The van der Waals surface area contributed by atoms with Gasteiger partial charge < -0.3 is 9.47 Å². The van der Waals surface area contributed by atoms with Crippen molar-refractivity contribution in [3.8, 4) is 0 Å². The van der Waals surface area contributed by atoms with Crippen LogP contribution in [0.5, 0.6) is 0 Å². The normalized spacial score (nSPS) is 10.5. The molecule has 0 saturated carbocycles. The van der Waals surface area contributed by atoms with Crippen molar-refractivity contribution in [3.05, 3.63) is 12.1 Å². The third-order valence-electron chi connectivity index (χ3n) is 0.895. The lowest BCUT2D eigenvalue weighted by Crippen LogP contribution is -2.28. The molecule has 0 bridgehead atoms. The summed E-state index contributed by atoms with van der Waals surface area (Å²) in [6.45, 7) is 0. The molecule has 0 spiro atoms. The molecule has 3 heteroatoms. The molecule has 0 aliphatic heterocycles. The van der Waals surface area contributed by atoms with Crippen molar-refractivity contribution in [2.45, 2.75) is 0 Å². The van der Waals surface area contributed by atoms with E-state index in [0.29, 0.717) is 10.4 Å². The van der Waals surface area contributed by atoms with Gasteiger partial charge in [-0.1, -0.05) is 0 Å². The van der Waals surface area contributed by atoms with E-state index in [1.165, 1.54) is 0 Å². The highest BCUT2D eigenvalue weighted by Gasteiger charge is 2.06. The maximum absolute atomic E-state index is 4.90. The van der Waals surface area contributed by atoms with Crippen molar-refractivity contribution in [3.63, 3.8) is 0 Å². The van der Waals surface area contributed by atoms with E-state index in [2.05, 4.69) is 0 Å². The van der Waals surface area contributed by atoms with Gasteiger partial charge in [-0.25, -0.2) is 0 Å². The zero-order valence-corrected chi connectivity index (χ0v) is 7.34. The number of nitrogens with zero attached hydrogens (tertiary/aromatic N) is 1. The second kappa shape index (κ2) is 3.46. The Balaban J connectivity index is 4.11. The zero-order valence-electron chi connectivity index (χ0n) is 7.34. The fourth-order valence-corrected chi connectivity index (χ4v) is 0.505. The Labute approximate surface area is 62.4 Å². The van der Waals surface area contributed by atoms with Gasteiger partial charge in [0.1, 0.15) is 0 Å². The summed E-state index contributed by atoms with van der Waals surface area (Å²) in [5, 5.41) is 0. The summed E-state index contributed by atoms with van der Waals surface area (Å²) in [4.78, 5) is 0. The van der Waals surface area contributed by atoms with Crippen molar-refractivity contribution in [1.29, 1.82) is 0 Å². The average molecular weight is 146 g/mol. The smallest absolute Gasteiger partial charge is 0.334 e. The van der Waals surface area contributed by atoms with Gasteiger partial charge in [0.2, 0.25) is 0 Å². The number of hydrogen-bond acceptors (Lipinski definition) is 2. The van der Waals surface area contributed by atoms with Crippen molar-refractivity contribution < 1.29 is 14.0 Å². The molecular weight excluding hydrogens is 130 g/mol. The summed E-state index contributed by atoms with van der Waals surface area (Å²) in [7, 11) is 9.25. The SMILES string of the molecule is COC(=C[N+](C)(C)C)OC. The van der Waals surface area contributed by atoms with Crippen LogP contribution in [-0.2, 0) is 9.47 Å². The van der Waals surface area contributed by atoms with Crippen LogP contribution < -0.4 is 0 Å². The Hall–Kier alpha value is -0.700. The van der Waals surface area contributed by atoms with Crippen LogP contribution >= 0.6 is 0 Å². The van der Waals surface area contributed by atoms with Crippen LogP contribution in [-0.4, -0.2) is 39.8 Å². The number of methoxy groups -OCH3 is 2. The maximum atomic E-state index is 4.90. The van der Waals surface area contributed by atoms with Crippen LogP contribution in [0.3, 0.4) is 0 Å². The summed E-state index contributed by atoms with van der Waals surface area (Å²) < 4.78 is 10.5. The second-order valence-electron chi connectivity index (χ2n) is 2.97. The zero-order chi connectivity index (χ0) is 8.20.